The number of thioether (sulfide) groups is 1. The highest BCUT2D eigenvalue weighted by Gasteiger charge is 2.31. The molecule has 0 aromatic heterocycles. The van der Waals surface area contributed by atoms with Crippen LogP contribution in [0.5, 0.6) is 0 Å². The summed E-state index contributed by atoms with van der Waals surface area (Å²) in [6.07, 6.45) is 1.01. The van der Waals surface area contributed by atoms with Crippen LogP contribution in [0.3, 0.4) is 0 Å². The first-order valence-corrected chi connectivity index (χ1v) is 13.6. The quantitative estimate of drug-likeness (QED) is 0.491. The van der Waals surface area contributed by atoms with Crippen LogP contribution in [0.25, 0.3) is 0 Å². The van der Waals surface area contributed by atoms with E-state index in [2.05, 4.69) is 5.32 Å². The minimum atomic E-state index is -3.56. The van der Waals surface area contributed by atoms with Crippen LogP contribution in [-0.2, 0) is 20.6 Å². The normalized spacial score (nSPS) is 15.7. The molecule has 0 saturated carbocycles. The Morgan fingerprint density at radius 3 is 2.32 bits per heavy atom. The molecule has 1 fully saturated rings. The van der Waals surface area contributed by atoms with Gasteiger partial charge in [0.1, 0.15) is 0 Å². The van der Waals surface area contributed by atoms with Gasteiger partial charge >= 0.3 is 0 Å². The SMILES string of the molecule is O=C(NCCSCc1ccc(Cl)cc1Cl)C1CCN(S(=O)(=O)c2ccc(Cl)cc2)CC1. The Morgan fingerprint density at radius 2 is 1.68 bits per heavy atom. The number of benzene rings is 2. The lowest BCUT2D eigenvalue weighted by atomic mass is 9.97. The first kappa shape index (κ1) is 24.7. The van der Waals surface area contributed by atoms with Gasteiger partial charge in [0.05, 0.1) is 4.90 Å². The van der Waals surface area contributed by atoms with Crippen molar-refractivity contribution in [2.24, 2.45) is 5.92 Å². The van der Waals surface area contributed by atoms with Crippen molar-refractivity contribution in [2.45, 2.75) is 23.5 Å². The van der Waals surface area contributed by atoms with Crippen molar-refractivity contribution in [3.63, 3.8) is 0 Å². The molecule has 10 heteroatoms. The second kappa shape index (κ2) is 11.3. The van der Waals surface area contributed by atoms with Crippen LogP contribution in [0.4, 0.5) is 0 Å². The van der Waals surface area contributed by atoms with Gasteiger partial charge in [0.2, 0.25) is 15.9 Å². The Kier molecular flexibility index (Phi) is 8.96. The van der Waals surface area contributed by atoms with Crippen molar-refractivity contribution in [3.05, 3.63) is 63.1 Å². The van der Waals surface area contributed by atoms with Gasteiger partial charge in [0.25, 0.3) is 0 Å². The molecule has 1 amide bonds. The predicted molar refractivity (Wildman–Crippen MR) is 129 cm³/mol. The molecule has 1 aliphatic rings. The van der Waals surface area contributed by atoms with Gasteiger partial charge in [-0.15, -0.1) is 0 Å². The summed E-state index contributed by atoms with van der Waals surface area (Å²) in [5, 5.41) is 4.70. The zero-order valence-electron chi connectivity index (χ0n) is 16.7. The van der Waals surface area contributed by atoms with Crippen molar-refractivity contribution in [1.82, 2.24) is 9.62 Å². The summed E-state index contributed by atoms with van der Waals surface area (Å²) in [6.45, 7) is 1.21. The second-order valence-corrected chi connectivity index (χ2v) is 11.5. The largest absolute Gasteiger partial charge is 0.355 e. The Bertz CT molecular complexity index is 1010. The van der Waals surface area contributed by atoms with Crippen LogP contribution in [0.1, 0.15) is 18.4 Å². The molecule has 1 saturated heterocycles. The fourth-order valence-corrected chi connectivity index (χ4v) is 6.34. The fraction of sp³-hybridized carbons (Fsp3) is 0.381. The molecule has 31 heavy (non-hydrogen) atoms. The first-order chi connectivity index (χ1) is 14.8. The highest BCUT2D eigenvalue weighted by molar-refractivity contribution is 7.98. The molecular formula is C21H23Cl3N2O3S2. The highest BCUT2D eigenvalue weighted by Crippen LogP contribution is 2.26. The Labute approximate surface area is 202 Å². The third kappa shape index (κ3) is 6.76. The Hall–Kier alpha value is -0.960. The summed E-state index contributed by atoms with van der Waals surface area (Å²) in [7, 11) is -3.56. The van der Waals surface area contributed by atoms with E-state index in [4.69, 9.17) is 34.8 Å². The number of hydrogen-bond acceptors (Lipinski definition) is 4. The third-order valence-corrected chi connectivity index (χ3v) is 8.85. The molecule has 0 atom stereocenters. The number of carbonyl (C=O) groups is 1. The number of rotatable bonds is 8. The van der Waals surface area contributed by atoms with Crippen LogP contribution in [0.2, 0.25) is 15.1 Å². The molecule has 0 unspecified atom stereocenters. The minimum absolute atomic E-state index is 0.0198. The molecule has 5 nitrogen and oxygen atoms in total. The number of halogens is 3. The minimum Gasteiger partial charge on any atom is -0.355 e. The number of carbonyl (C=O) groups excluding carboxylic acids is 1. The van der Waals surface area contributed by atoms with E-state index in [0.717, 1.165) is 17.1 Å². The molecule has 1 aliphatic heterocycles. The molecule has 0 radical (unpaired) electrons. The van der Waals surface area contributed by atoms with E-state index in [-0.39, 0.29) is 16.7 Å². The van der Waals surface area contributed by atoms with Crippen LogP contribution in [-0.4, -0.2) is 44.0 Å². The fourth-order valence-electron chi connectivity index (χ4n) is 3.33. The van der Waals surface area contributed by atoms with Gasteiger partial charge in [0.15, 0.2) is 0 Å². The molecule has 1 N–H and O–H groups in total. The van der Waals surface area contributed by atoms with Gasteiger partial charge in [0, 0.05) is 52.1 Å². The van der Waals surface area contributed by atoms with Crippen molar-refractivity contribution in [2.75, 3.05) is 25.4 Å². The number of amides is 1. The molecule has 2 aromatic rings. The number of piperidine rings is 1. The van der Waals surface area contributed by atoms with Crippen molar-refractivity contribution < 1.29 is 13.2 Å². The molecule has 168 valence electrons. The number of nitrogens with one attached hydrogen (secondary N) is 1. The van der Waals surface area contributed by atoms with Crippen LogP contribution >= 0.6 is 46.6 Å². The van der Waals surface area contributed by atoms with E-state index in [0.29, 0.717) is 47.5 Å². The van der Waals surface area contributed by atoms with E-state index in [1.165, 1.54) is 16.4 Å². The summed E-state index contributed by atoms with van der Waals surface area (Å²) >= 11 is 19.6. The lowest BCUT2D eigenvalue weighted by Gasteiger charge is -2.30. The number of sulfonamides is 1. The van der Waals surface area contributed by atoms with E-state index >= 15 is 0 Å². The van der Waals surface area contributed by atoms with Gasteiger partial charge in [-0.05, 0) is 54.8 Å². The van der Waals surface area contributed by atoms with Crippen LogP contribution < -0.4 is 5.32 Å². The molecule has 2 aromatic carbocycles. The lowest BCUT2D eigenvalue weighted by molar-refractivity contribution is -0.125. The van der Waals surface area contributed by atoms with Gasteiger partial charge in [-0.25, -0.2) is 8.42 Å². The van der Waals surface area contributed by atoms with Crippen LogP contribution in [0, 0.1) is 5.92 Å². The van der Waals surface area contributed by atoms with Gasteiger partial charge < -0.3 is 5.32 Å². The maximum absolute atomic E-state index is 12.7. The molecular weight excluding hydrogens is 499 g/mol. The van der Waals surface area contributed by atoms with E-state index in [9.17, 15) is 13.2 Å². The molecule has 3 rings (SSSR count). The number of hydrogen-bond donors (Lipinski definition) is 1. The monoisotopic (exact) mass is 520 g/mol. The Morgan fingerprint density at radius 1 is 1.03 bits per heavy atom. The zero-order valence-corrected chi connectivity index (χ0v) is 20.6. The standard InChI is InChI=1S/C21H23Cl3N2O3S2/c22-17-3-5-19(6-4-17)31(28,29)26-10-7-15(8-11-26)21(27)25-9-12-30-14-16-1-2-18(23)13-20(16)24/h1-6,13,15H,7-12,14H2,(H,25,27). The maximum atomic E-state index is 12.7. The van der Waals surface area contributed by atoms with Gasteiger partial charge in [-0.3, -0.25) is 4.79 Å². The van der Waals surface area contributed by atoms with Crippen molar-refractivity contribution in [1.29, 1.82) is 0 Å². The summed E-state index contributed by atoms with van der Waals surface area (Å²) in [5.74, 6) is 1.31. The number of nitrogens with zero attached hydrogens (tertiary/aromatic N) is 1. The van der Waals surface area contributed by atoms with Crippen LogP contribution in [0.15, 0.2) is 47.4 Å². The maximum Gasteiger partial charge on any atom is 0.243 e. The Balaban J connectivity index is 1.39. The van der Waals surface area contributed by atoms with Crippen molar-refractivity contribution >= 4 is 62.5 Å². The summed E-state index contributed by atoms with van der Waals surface area (Å²) in [4.78, 5) is 12.7. The topological polar surface area (TPSA) is 66.5 Å². The molecule has 1 heterocycles. The molecule has 0 spiro atoms. The predicted octanol–water partition coefficient (Wildman–Crippen LogP) is 5.10. The first-order valence-electron chi connectivity index (χ1n) is 9.82. The summed E-state index contributed by atoms with van der Waals surface area (Å²) in [6, 6.07) is 11.6. The smallest absolute Gasteiger partial charge is 0.243 e. The zero-order chi connectivity index (χ0) is 22.4. The third-order valence-electron chi connectivity index (χ3n) is 5.09. The van der Waals surface area contributed by atoms with E-state index in [1.807, 2.05) is 12.1 Å². The lowest BCUT2D eigenvalue weighted by Crippen LogP contribution is -2.43. The average Bonchev–Trinajstić information content (AvgIpc) is 2.75. The van der Waals surface area contributed by atoms with E-state index in [1.54, 1.807) is 30.0 Å². The summed E-state index contributed by atoms with van der Waals surface area (Å²) in [5.41, 5.74) is 1.01. The highest BCUT2D eigenvalue weighted by atomic mass is 35.5. The molecule has 0 aliphatic carbocycles. The summed E-state index contributed by atoms with van der Waals surface area (Å²) < 4.78 is 26.9. The molecule has 0 bridgehead atoms. The van der Waals surface area contributed by atoms with Gasteiger partial charge in [-0.2, -0.15) is 16.1 Å². The second-order valence-electron chi connectivity index (χ2n) is 7.21. The average molecular weight is 522 g/mol. The van der Waals surface area contributed by atoms with Crippen molar-refractivity contribution in [3.8, 4) is 0 Å². The van der Waals surface area contributed by atoms with Gasteiger partial charge in [-0.1, -0.05) is 40.9 Å². The van der Waals surface area contributed by atoms with E-state index < -0.39 is 10.0 Å².